The normalized spacial score (nSPS) is 15.5. The van der Waals surface area contributed by atoms with E-state index >= 15 is 0 Å². The number of nitrogens with one attached hydrogen (secondary N) is 1. The first kappa shape index (κ1) is 15.1. The summed E-state index contributed by atoms with van der Waals surface area (Å²) < 4.78 is 5.67. The van der Waals surface area contributed by atoms with Crippen molar-refractivity contribution in [2.75, 3.05) is 19.4 Å². The van der Waals surface area contributed by atoms with E-state index in [1.807, 2.05) is 24.3 Å². The summed E-state index contributed by atoms with van der Waals surface area (Å²) in [5.74, 6) is 0.436. The van der Waals surface area contributed by atoms with Gasteiger partial charge in [0.1, 0.15) is 5.75 Å². The molecule has 5 nitrogen and oxygen atoms in total. The largest absolute Gasteiger partial charge is 0.480 e. The maximum Gasteiger partial charge on any atom is 0.265 e. The van der Waals surface area contributed by atoms with Gasteiger partial charge >= 0.3 is 0 Å². The zero-order valence-electron chi connectivity index (χ0n) is 13.1. The number of hydrogen-bond donors (Lipinski definition) is 1. The lowest BCUT2D eigenvalue weighted by molar-refractivity contribution is -0.122. The van der Waals surface area contributed by atoms with Gasteiger partial charge in [-0.05, 0) is 29.8 Å². The Kier molecular flexibility index (Phi) is 4.02. The minimum absolute atomic E-state index is 0.106. The molecule has 0 radical (unpaired) electrons. The summed E-state index contributed by atoms with van der Waals surface area (Å²) >= 11 is 0. The number of benzene rings is 2. The lowest BCUT2D eigenvalue weighted by atomic mass is 10.1. The highest BCUT2D eigenvalue weighted by Crippen LogP contribution is 2.28. The van der Waals surface area contributed by atoms with Crippen molar-refractivity contribution in [3.05, 3.63) is 59.7 Å². The second-order valence-corrected chi connectivity index (χ2v) is 5.69. The fourth-order valence-corrected chi connectivity index (χ4v) is 2.54. The first-order valence-corrected chi connectivity index (χ1v) is 7.42. The van der Waals surface area contributed by atoms with Gasteiger partial charge in [0.05, 0.1) is 0 Å². The second kappa shape index (κ2) is 6.12. The molecule has 1 atom stereocenters. The minimum Gasteiger partial charge on any atom is -0.480 e. The van der Waals surface area contributed by atoms with Crippen molar-refractivity contribution in [1.82, 2.24) is 4.90 Å². The summed E-state index contributed by atoms with van der Waals surface area (Å²) in [4.78, 5) is 25.8. The third-order valence-corrected chi connectivity index (χ3v) is 3.72. The van der Waals surface area contributed by atoms with Gasteiger partial charge in [-0.1, -0.05) is 24.3 Å². The Morgan fingerprint density at radius 3 is 2.65 bits per heavy atom. The van der Waals surface area contributed by atoms with E-state index in [0.717, 1.165) is 11.3 Å². The van der Waals surface area contributed by atoms with Crippen LogP contribution in [0.1, 0.15) is 15.9 Å². The van der Waals surface area contributed by atoms with E-state index in [9.17, 15) is 9.59 Å². The fourth-order valence-electron chi connectivity index (χ4n) is 2.54. The van der Waals surface area contributed by atoms with Crippen molar-refractivity contribution in [1.29, 1.82) is 0 Å². The summed E-state index contributed by atoms with van der Waals surface area (Å²) in [7, 11) is 3.38. The average Bonchev–Trinajstić information content (AvgIpc) is 2.98. The third-order valence-electron chi connectivity index (χ3n) is 3.72. The highest BCUT2D eigenvalue weighted by molar-refractivity contribution is 5.98. The van der Waals surface area contributed by atoms with Gasteiger partial charge in [-0.2, -0.15) is 0 Å². The van der Waals surface area contributed by atoms with Crippen LogP contribution in [0.4, 0.5) is 5.69 Å². The van der Waals surface area contributed by atoms with Gasteiger partial charge in [0.25, 0.3) is 11.8 Å². The van der Waals surface area contributed by atoms with Crippen molar-refractivity contribution in [3.63, 3.8) is 0 Å². The molecular formula is C18H18N2O3. The molecule has 118 valence electrons. The van der Waals surface area contributed by atoms with Gasteiger partial charge in [0.2, 0.25) is 0 Å². The van der Waals surface area contributed by atoms with Crippen LogP contribution in [0.5, 0.6) is 5.75 Å². The van der Waals surface area contributed by atoms with Gasteiger partial charge in [0.15, 0.2) is 6.10 Å². The van der Waals surface area contributed by atoms with Crippen LogP contribution in [-0.2, 0) is 11.2 Å². The van der Waals surface area contributed by atoms with Gasteiger partial charge in [-0.25, -0.2) is 0 Å². The molecule has 2 aromatic carbocycles. The zero-order chi connectivity index (χ0) is 16.4. The van der Waals surface area contributed by atoms with Crippen LogP contribution in [0.25, 0.3) is 0 Å². The van der Waals surface area contributed by atoms with Crippen LogP contribution in [0.15, 0.2) is 48.5 Å². The average molecular weight is 310 g/mol. The number of hydrogen-bond acceptors (Lipinski definition) is 3. The molecule has 0 aromatic heterocycles. The molecule has 0 saturated heterocycles. The first-order valence-electron chi connectivity index (χ1n) is 7.42. The van der Waals surface area contributed by atoms with Crippen LogP contribution in [0, 0.1) is 0 Å². The number of carbonyl (C=O) groups is 2. The summed E-state index contributed by atoms with van der Waals surface area (Å²) in [6, 6.07) is 14.5. The maximum absolute atomic E-state index is 12.4. The number of nitrogens with zero attached hydrogens (tertiary/aromatic N) is 1. The number of fused-ring (bicyclic) bond motifs is 1. The lowest BCUT2D eigenvalue weighted by Crippen LogP contribution is -2.31. The van der Waals surface area contributed by atoms with Crippen LogP contribution in [0.3, 0.4) is 0 Å². The molecule has 0 bridgehead atoms. The van der Waals surface area contributed by atoms with Crippen LogP contribution < -0.4 is 10.1 Å². The van der Waals surface area contributed by atoms with Gasteiger partial charge in [-0.3, -0.25) is 9.59 Å². The Morgan fingerprint density at radius 2 is 1.91 bits per heavy atom. The molecule has 1 N–H and O–H groups in total. The predicted octanol–water partition coefficient (Wildman–Crippen LogP) is 2.33. The van der Waals surface area contributed by atoms with E-state index in [0.29, 0.717) is 17.7 Å². The molecule has 0 fully saturated rings. The molecule has 23 heavy (non-hydrogen) atoms. The van der Waals surface area contributed by atoms with Crippen LogP contribution in [0.2, 0.25) is 0 Å². The van der Waals surface area contributed by atoms with Crippen LogP contribution >= 0.6 is 0 Å². The molecule has 2 aromatic rings. The number of carbonyl (C=O) groups excluding carboxylic acids is 2. The van der Waals surface area contributed by atoms with E-state index in [-0.39, 0.29) is 11.8 Å². The summed E-state index contributed by atoms with van der Waals surface area (Å²) in [5, 5.41) is 2.82. The van der Waals surface area contributed by atoms with E-state index in [2.05, 4.69) is 5.32 Å². The first-order chi connectivity index (χ1) is 11.0. The minimum atomic E-state index is -0.541. The molecule has 2 amide bonds. The van der Waals surface area contributed by atoms with E-state index in [1.54, 1.807) is 38.4 Å². The maximum atomic E-state index is 12.4. The van der Waals surface area contributed by atoms with Crippen molar-refractivity contribution in [2.24, 2.45) is 0 Å². The molecule has 0 aliphatic carbocycles. The number of ether oxygens (including phenoxy) is 1. The topological polar surface area (TPSA) is 58.6 Å². The predicted molar refractivity (Wildman–Crippen MR) is 87.7 cm³/mol. The van der Waals surface area contributed by atoms with Gasteiger partial charge < -0.3 is 15.0 Å². The lowest BCUT2D eigenvalue weighted by Gasteiger charge is -2.13. The number of anilines is 1. The van der Waals surface area contributed by atoms with Gasteiger partial charge in [0, 0.05) is 31.8 Å². The molecule has 0 saturated carbocycles. The summed E-state index contributed by atoms with van der Waals surface area (Å²) in [6.45, 7) is 0. The Hall–Kier alpha value is -2.82. The smallest absolute Gasteiger partial charge is 0.265 e. The Labute approximate surface area is 134 Å². The van der Waals surface area contributed by atoms with E-state index in [4.69, 9.17) is 4.74 Å². The van der Waals surface area contributed by atoms with Crippen molar-refractivity contribution >= 4 is 17.5 Å². The molecule has 1 aliphatic heterocycles. The van der Waals surface area contributed by atoms with Crippen molar-refractivity contribution in [2.45, 2.75) is 12.5 Å². The van der Waals surface area contributed by atoms with E-state index in [1.165, 1.54) is 4.90 Å². The quantitative estimate of drug-likeness (QED) is 0.946. The fraction of sp³-hybridized carbons (Fsp3) is 0.222. The van der Waals surface area contributed by atoms with Crippen molar-refractivity contribution in [3.8, 4) is 5.75 Å². The van der Waals surface area contributed by atoms with Gasteiger partial charge in [-0.15, -0.1) is 0 Å². The standard InChI is InChI=1S/C18H18N2O3/c1-20(2)18(22)13-7-5-8-14(10-13)19-17(21)16-11-12-6-3-4-9-15(12)23-16/h3-10,16H,11H2,1-2H3,(H,19,21). The highest BCUT2D eigenvalue weighted by Gasteiger charge is 2.28. The Morgan fingerprint density at radius 1 is 1.13 bits per heavy atom. The molecule has 3 rings (SSSR count). The Bertz CT molecular complexity index is 730. The van der Waals surface area contributed by atoms with Crippen LogP contribution in [-0.4, -0.2) is 36.9 Å². The molecule has 5 heteroatoms. The summed E-state index contributed by atoms with van der Waals surface area (Å²) in [5.41, 5.74) is 2.15. The SMILES string of the molecule is CN(C)C(=O)c1cccc(NC(=O)C2Cc3ccccc3O2)c1. The van der Waals surface area contributed by atoms with Crippen molar-refractivity contribution < 1.29 is 14.3 Å². The Balaban J connectivity index is 1.70. The molecule has 1 unspecified atom stereocenters. The second-order valence-electron chi connectivity index (χ2n) is 5.69. The molecule has 0 spiro atoms. The summed E-state index contributed by atoms with van der Waals surface area (Å²) in [6.07, 6.45) is 0.0128. The number of amides is 2. The number of para-hydroxylation sites is 1. The third kappa shape index (κ3) is 3.18. The van der Waals surface area contributed by atoms with E-state index < -0.39 is 6.10 Å². The molecular weight excluding hydrogens is 292 g/mol. The molecule has 1 aliphatic rings. The monoisotopic (exact) mass is 310 g/mol. The number of rotatable bonds is 3. The highest BCUT2D eigenvalue weighted by atomic mass is 16.5. The molecule has 1 heterocycles. The zero-order valence-corrected chi connectivity index (χ0v) is 13.1.